The van der Waals surface area contributed by atoms with Gasteiger partial charge < -0.3 is 10.5 Å². The summed E-state index contributed by atoms with van der Waals surface area (Å²) in [6, 6.07) is 14.0. The molecule has 0 saturated heterocycles. The number of para-hydroxylation sites is 1. The quantitative estimate of drug-likeness (QED) is 0.571. The summed E-state index contributed by atoms with van der Waals surface area (Å²) < 4.78 is 6.11. The number of hydrogen-bond donors (Lipinski definition) is 1. The molecule has 0 amide bonds. The molecule has 4 rings (SSSR count). The van der Waals surface area contributed by atoms with Crippen LogP contribution in [0.15, 0.2) is 54.9 Å². The van der Waals surface area contributed by atoms with Crippen molar-refractivity contribution in [2.75, 3.05) is 5.73 Å². The fraction of sp³-hybridized carbons (Fsp3) is 0.182. The molecule has 0 radical (unpaired) electrons. The van der Waals surface area contributed by atoms with Gasteiger partial charge in [-0.05, 0) is 44.5 Å². The average molecular weight is 371 g/mol. The number of pyridine rings is 2. The highest BCUT2D eigenvalue weighted by Crippen LogP contribution is 2.32. The molecule has 1 unspecified atom stereocenters. The van der Waals surface area contributed by atoms with E-state index in [1.807, 2.05) is 38.2 Å². The third-order valence-electron chi connectivity index (χ3n) is 4.60. The van der Waals surface area contributed by atoms with Crippen LogP contribution in [0.25, 0.3) is 22.2 Å². The summed E-state index contributed by atoms with van der Waals surface area (Å²) in [6.45, 7) is 5.90. The van der Waals surface area contributed by atoms with Crippen LogP contribution in [0.5, 0.6) is 5.88 Å². The molecule has 2 N–H and O–H groups in total. The van der Waals surface area contributed by atoms with E-state index in [-0.39, 0.29) is 12.1 Å². The first kappa shape index (κ1) is 17.9. The second-order valence-corrected chi connectivity index (χ2v) is 6.78. The normalized spacial score (nSPS) is 12.1. The number of benzene rings is 1. The summed E-state index contributed by atoms with van der Waals surface area (Å²) >= 11 is 0. The van der Waals surface area contributed by atoms with Gasteiger partial charge in [-0.15, -0.1) is 0 Å². The molecule has 1 atom stereocenters. The van der Waals surface area contributed by atoms with E-state index in [1.54, 1.807) is 12.3 Å². The van der Waals surface area contributed by atoms with Gasteiger partial charge in [-0.2, -0.15) is 4.98 Å². The van der Waals surface area contributed by atoms with Crippen molar-refractivity contribution in [3.8, 4) is 17.1 Å². The lowest BCUT2D eigenvalue weighted by Gasteiger charge is -2.19. The number of ether oxygens (including phenoxy) is 1. The first-order valence-corrected chi connectivity index (χ1v) is 9.10. The fourth-order valence-electron chi connectivity index (χ4n) is 3.27. The minimum Gasteiger partial charge on any atom is -0.470 e. The number of aromatic nitrogens is 4. The zero-order valence-electron chi connectivity index (χ0n) is 16.0. The summed E-state index contributed by atoms with van der Waals surface area (Å²) in [5.41, 5.74) is 11.4. The van der Waals surface area contributed by atoms with E-state index >= 15 is 0 Å². The van der Waals surface area contributed by atoms with Gasteiger partial charge in [0.2, 0.25) is 11.8 Å². The topological polar surface area (TPSA) is 86.8 Å². The molecule has 0 aliphatic heterocycles. The van der Waals surface area contributed by atoms with Crippen LogP contribution in [-0.2, 0) is 0 Å². The molecule has 4 aromatic rings. The van der Waals surface area contributed by atoms with Gasteiger partial charge >= 0.3 is 0 Å². The Kier molecular flexibility index (Phi) is 4.61. The number of anilines is 1. The first-order chi connectivity index (χ1) is 13.5. The second-order valence-electron chi connectivity index (χ2n) is 6.78. The van der Waals surface area contributed by atoms with Crippen molar-refractivity contribution in [2.24, 2.45) is 0 Å². The third-order valence-corrected chi connectivity index (χ3v) is 4.60. The van der Waals surface area contributed by atoms with Crippen molar-refractivity contribution < 1.29 is 4.74 Å². The van der Waals surface area contributed by atoms with E-state index in [1.165, 1.54) is 0 Å². The van der Waals surface area contributed by atoms with Gasteiger partial charge in [-0.25, -0.2) is 9.97 Å². The van der Waals surface area contributed by atoms with Crippen LogP contribution in [0.1, 0.15) is 29.8 Å². The highest BCUT2D eigenvalue weighted by molar-refractivity contribution is 5.85. The van der Waals surface area contributed by atoms with Crippen molar-refractivity contribution in [1.29, 1.82) is 0 Å². The Bertz CT molecular complexity index is 1120. The SMILES string of the molecule is Cc1cc(OC(C)c2cc3cccc(C)c3nc2-c2cccnc2)nc(N)n1. The molecule has 1 aromatic carbocycles. The predicted molar refractivity (Wildman–Crippen MR) is 110 cm³/mol. The van der Waals surface area contributed by atoms with Crippen molar-refractivity contribution >= 4 is 16.9 Å². The lowest BCUT2D eigenvalue weighted by atomic mass is 9.99. The van der Waals surface area contributed by atoms with Gasteiger partial charge in [0.05, 0.1) is 11.2 Å². The minimum absolute atomic E-state index is 0.196. The molecule has 0 saturated carbocycles. The van der Waals surface area contributed by atoms with Gasteiger partial charge in [0.1, 0.15) is 6.10 Å². The Morgan fingerprint density at radius 3 is 2.61 bits per heavy atom. The molecular weight excluding hydrogens is 350 g/mol. The molecule has 3 aromatic heterocycles. The molecule has 6 nitrogen and oxygen atoms in total. The average Bonchev–Trinajstić information content (AvgIpc) is 2.67. The number of aryl methyl sites for hydroxylation is 2. The molecule has 3 heterocycles. The van der Waals surface area contributed by atoms with Gasteiger partial charge in [-0.1, -0.05) is 18.2 Å². The number of rotatable bonds is 4. The van der Waals surface area contributed by atoms with Crippen LogP contribution in [0, 0.1) is 13.8 Å². The van der Waals surface area contributed by atoms with Crippen LogP contribution in [0.4, 0.5) is 5.95 Å². The number of hydrogen-bond acceptors (Lipinski definition) is 6. The number of fused-ring (bicyclic) bond motifs is 1. The molecule has 28 heavy (non-hydrogen) atoms. The van der Waals surface area contributed by atoms with Crippen LogP contribution in [-0.4, -0.2) is 19.9 Å². The van der Waals surface area contributed by atoms with E-state index in [2.05, 4.69) is 40.1 Å². The molecule has 0 fully saturated rings. The molecule has 0 spiro atoms. The molecule has 140 valence electrons. The van der Waals surface area contributed by atoms with E-state index in [4.69, 9.17) is 15.5 Å². The highest BCUT2D eigenvalue weighted by Gasteiger charge is 2.18. The summed E-state index contributed by atoms with van der Waals surface area (Å²) in [4.78, 5) is 17.5. The van der Waals surface area contributed by atoms with E-state index in [9.17, 15) is 0 Å². The summed E-state index contributed by atoms with van der Waals surface area (Å²) in [7, 11) is 0. The minimum atomic E-state index is -0.290. The van der Waals surface area contributed by atoms with Gasteiger partial charge in [0, 0.05) is 40.7 Å². The lowest BCUT2D eigenvalue weighted by molar-refractivity contribution is 0.217. The van der Waals surface area contributed by atoms with E-state index < -0.39 is 0 Å². The van der Waals surface area contributed by atoms with Crippen LogP contribution >= 0.6 is 0 Å². The maximum atomic E-state index is 6.11. The molecule has 0 aliphatic carbocycles. The summed E-state index contributed by atoms with van der Waals surface area (Å²) in [5, 5.41) is 1.07. The van der Waals surface area contributed by atoms with Crippen LogP contribution in [0.3, 0.4) is 0 Å². The maximum Gasteiger partial charge on any atom is 0.223 e. The molecule has 6 heteroatoms. The lowest BCUT2D eigenvalue weighted by Crippen LogP contribution is -2.09. The van der Waals surface area contributed by atoms with Crippen molar-refractivity contribution in [1.82, 2.24) is 19.9 Å². The van der Waals surface area contributed by atoms with Gasteiger partial charge in [-0.3, -0.25) is 4.98 Å². The molecule has 0 aliphatic rings. The predicted octanol–water partition coefficient (Wildman–Crippen LogP) is 4.43. The van der Waals surface area contributed by atoms with Crippen LogP contribution < -0.4 is 10.5 Å². The zero-order valence-corrected chi connectivity index (χ0v) is 16.0. The standard InChI is InChI=1S/C22H21N5O/c1-13-6-4-7-16-11-18(15(3)28-19-10-14(2)25-22(23)26-19)21(27-20(13)16)17-8-5-9-24-12-17/h4-12,15H,1-3H3,(H2,23,25,26). The van der Waals surface area contributed by atoms with Gasteiger partial charge in [0.15, 0.2) is 0 Å². The van der Waals surface area contributed by atoms with Crippen LogP contribution in [0.2, 0.25) is 0 Å². The highest BCUT2D eigenvalue weighted by atomic mass is 16.5. The second kappa shape index (κ2) is 7.23. The molecule has 0 bridgehead atoms. The monoisotopic (exact) mass is 371 g/mol. The zero-order chi connectivity index (χ0) is 19.7. The Morgan fingerprint density at radius 2 is 1.86 bits per heavy atom. The Hall–Kier alpha value is -3.54. The number of nitrogens with two attached hydrogens (primary N) is 1. The van der Waals surface area contributed by atoms with E-state index in [0.717, 1.165) is 39.0 Å². The van der Waals surface area contributed by atoms with Crippen molar-refractivity contribution in [3.05, 3.63) is 71.7 Å². The summed E-state index contributed by atoms with van der Waals surface area (Å²) in [5.74, 6) is 0.640. The largest absolute Gasteiger partial charge is 0.470 e. The van der Waals surface area contributed by atoms with Crippen molar-refractivity contribution in [3.63, 3.8) is 0 Å². The fourth-order valence-corrected chi connectivity index (χ4v) is 3.27. The molecular formula is C22H21N5O. The Balaban J connectivity index is 1.84. The van der Waals surface area contributed by atoms with Gasteiger partial charge in [0.25, 0.3) is 0 Å². The Labute approximate surface area is 163 Å². The maximum absolute atomic E-state index is 6.11. The third kappa shape index (κ3) is 3.49. The number of nitrogen functional groups attached to an aromatic ring is 1. The summed E-state index contributed by atoms with van der Waals surface area (Å²) in [6.07, 6.45) is 3.28. The number of nitrogens with zero attached hydrogens (tertiary/aromatic N) is 4. The van der Waals surface area contributed by atoms with E-state index in [0.29, 0.717) is 5.88 Å². The van der Waals surface area contributed by atoms with Crippen molar-refractivity contribution in [2.45, 2.75) is 26.9 Å². The smallest absolute Gasteiger partial charge is 0.223 e. The Morgan fingerprint density at radius 1 is 1.00 bits per heavy atom. The first-order valence-electron chi connectivity index (χ1n) is 9.10.